The Morgan fingerprint density at radius 3 is 2.33 bits per heavy atom. The number of pyridine rings is 2. The van der Waals surface area contributed by atoms with Crippen molar-refractivity contribution in [2.24, 2.45) is 0 Å². The van der Waals surface area contributed by atoms with E-state index in [2.05, 4.69) is 15.3 Å². The van der Waals surface area contributed by atoms with Crippen LogP contribution >= 0.6 is 0 Å². The van der Waals surface area contributed by atoms with Crippen LogP contribution in [0, 0.1) is 0 Å². The summed E-state index contributed by atoms with van der Waals surface area (Å²) in [5.41, 5.74) is 2.94. The molecule has 0 unspecified atom stereocenters. The van der Waals surface area contributed by atoms with Crippen LogP contribution in [-0.2, 0) is 0 Å². The van der Waals surface area contributed by atoms with E-state index in [1.54, 1.807) is 25.3 Å². The van der Waals surface area contributed by atoms with Crippen LogP contribution in [0.5, 0.6) is 5.75 Å². The molecular formula is C22H17N3O2. The number of ether oxygens (including phenoxy) is 1. The van der Waals surface area contributed by atoms with E-state index in [4.69, 9.17) is 4.74 Å². The van der Waals surface area contributed by atoms with E-state index in [0.717, 1.165) is 22.4 Å². The second-order valence-electron chi connectivity index (χ2n) is 5.99. The second-order valence-corrected chi connectivity index (χ2v) is 5.99. The van der Waals surface area contributed by atoms with Crippen molar-refractivity contribution < 1.29 is 9.53 Å². The Morgan fingerprint density at radius 2 is 1.59 bits per heavy atom. The Kier molecular flexibility index (Phi) is 4.49. The Morgan fingerprint density at radius 1 is 0.852 bits per heavy atom. The normalized spacial score (nSPS) is 10.6. The summed E-state index contributed by atoms with van der Waals surface area (Å²) in [6, 6.07) is 24.3. The van der Waals surface area contributed by atoms with Gasteiger partial charge in [0.25, 0.3) is 5.91 Å². The summed E-state index contributed by atoms with van der Waals surface area (Å²) in [6.07, 6.45) is 0. The predicted octanol–water partition coefficient (Wildman–Crippen LogP) is 4.56. The van der Waals surface area contributed by atoms with Crippen molar-refractivity contribution in [3.8, 4) is 17.0 Å². The molecule has 2 heterocycles. The number of benzene rings is 2. The molecule has 5 nitrogen and oxygen atoms in total. The number of anilines is 1. The predicted molar refractivity (Wildman–Crippen MR) is 106 cm³/mol. The Bertz CT molecular complexity index is 1090. The molecule has 0 atom stereocenters. The van der Waals surface area contributed by atoms with Gasteiger partial charge >= 0.3 is 0 Å². The highest BCUT2D eigenvalue weighted by atomic mass is 16.5. The fourth-order valence-corrected chi connectivity index (χ4v) is 2.77. The highest BCUT2D eigenvalue weighted by Crippen LogP contribution is 2.23. The largest absolute Gasteiger partial charge is 0.497 e. The van der Waals surface area contributed by atoms with E-state index in [9.17, 15) is 4.79 Å². The monoisotopic (exact) mass is 355 g/mol. The number of carbonyl (C=O) groups is 1. The summed E-state index contributed by atoms with van der Waals surface area (Å²) in [6.45, 7) is 0. The number of fused-ring (bicyclic) bond motifs is 1. The quantitative estimate of drug-likeness (QED) is 0.583. The number of hydrogen-bond donors (Lipinski definition) is 1. The van der Waals surface area contributed by atoms with Crippen LogP contribution in [0.2, 0.25) is 0 Å². The maximum atomic E-state index is 12.3. The molecule has 2 aromatic carbocycles. The van der Waals surface area contributed by atoms with Crippen LogP contribution in [-0.4, -0.2) is 23.0 Å². The molecule has 27 heavy (non-hydrogen) atoms. The molecule has 1 N–H and O–H groups in total. The van der Waals surface area contributed by atoms with E-state index in [-0.39, 0.29) is 5.91 Å². The molecule has 0 radical (unpaired) electrons. The van der Waals surface area contributed by atoms with Gasteiger partial charge in [-0.1, -0.05) is 18.2 Å². The van der Waals surface area contributed by atoms with Crippen molar-refractivity contribution in [1.29, 1.82) is 0 Å². The van der Waals surface area contributed by atoms with Gasteiger partial charge in [-0.15, -0.1) is 0 Å². The third kappa shape index (κ3) is 3.62. The average Bonchev–Trinajstić information content (AvgIpc) is 2.74. The lowest BCUT2D eigenvalue weighted by molar-refractivity contribution is 0.102. The molecule has 0 aliphatic heterocycles. The Balaban J connectivity index is 1.63. The molecule has 0 bridgehead atoms. The Labute approximate surface area is 156 Å². The van der Waals surface area contributed by atoms with Gasteiger partial charge in [0, 0.05) is 16.5 Å². The number of methoxy groups -OCH3 is 1. The first kappa shape index (κ1) is 16.7. The first-order valence-electron chi connectivity index (χ1n) is 8.51. The van der Waals surface area contributed by atoms with E-state index >= 15 is 0 Å². The van der Waals surface area contributed by atoms with Crippen LogP contribution in [0.3, 0.4) is 0 Å². The Hall–Kier alpha value is -3.73. The molecule has 4 aromatic rings. The number of nitrogens with one attached hydrogen (secondary N) is 1. The van der Waals surface area contributed by atoms with Crippen LogP contribution in [0.25, 0.3) is 22.3 Å². The first-order chi connectivity index (χ1) is 13.2. The second kappa shape index (κ2) is 7.25. The van der Waals surface area contributed by atoms with E-state index < -0.39 is 0 Å². The van der Waals surface area contributed by atoms with E-state index in [1.807, 2.05) is 60.7 Å². The minimum Gasteiger partial charge on any atom is -0.497 e. The minimum atomic E-state index is -0.200. The average molecular weight is 355 g/mol. The van der Waals surface area contributed by atoms with E-state index in [0.29, 0.717) is 17.0 Å². The molecule has 4 rings (SSSR count). The van der Waals surface area contributed by atoms with Gasteiger partial charge in [0.2, 0.25) is 0 Å². The minimum absolute atomic E-state index is 0.200. The maximum Gasteiger partial charge on any atom is 0.256 e. The van der Waals surface area contributed by atoms with Gasteiger partial charge in [0.05, 0.1) is 12.8 Å². The fourth-order valence-electron chi connectivity index (χ4n) is 2.77. The standard InChI is InChI=1S/C22H17N3O2/c1-27-18-11-7-15(8-12-18)19-13-9-16-10-14-20(24-21(16)23-19)25-22(26)17-5-3-2-4-6-17/h2-14H,1H3,(H,23,24,25,26). The number of carbonyl (C=O) groups excluding carboxylic acids is 1. The molecule has 1 amide bonds. The SMILES string of the molecule is COc1ccc(-c2ccc3ccc(NC(=O)c4ccccc4)nc3n2)cc1. The topological polar surface area (TPSA) is 64.1 Å². The zero-order valence-corrected chi connectivity index (χ0v) is 14.7. The van der Waals surface area contributed by atoms with Crippen molar-refractivity contribution in [2.45, 2.75) is 0 Å². The molecule has 0 spiro atoms. The van der Waals surface area contributed by atoms with E-state index in [1.165, 1.54) is 0 Å². The van der Waals surface area contributed by atoms with Crippen molar-refractivity contribution in [3.63, 3.8) is 0 Å². The zero-order valence-electron chi connectivity index (χ0n) is 14.7. The van der Waals surface area contributed by atoms with Gasteiger partial charge in [-0.3, -0.25) is 4.79 Å². The van der Waals surface area contributed by atoms with Crippen LogP contribution in [0.1, 0.15) is 10.4 Å². The summed E-state index contributed by atoms with van der Waals surface area (Å²) in [7, 11) is 1.64. The molecule has 0 fully saturated rings. The van der Waals surface area contributed by atoms with Crippen molar-refractivity contribution in [1.82, 2.24) is 9.97 Å². The van der Waals surface area contributed by atoms with Gasteiger partial charge < -0.3 is 10.1 Å². The molecule has 5 heteroatoms. The highest BCUT2D eigenvalue weighted by Gasteiger charge is 2.08. The number of amides is 1. The third-order valence-electron chi connectivity index (χ3n) is 4.22. The lowest BCUT2D eigenvalue weighted by Gasteiger charge is -2.07. The number of hydrogen-bond acceptors (Lipinski definition) is 4. The van der Waals surface area contributed by atoms with Crippen LogP contribution in [0.4, 0.5) is 5.82 Å². The molecule has 132 valence electrons. The van der Waals surface area contributed by atoms with Gasteiger partial charge in [-0.25, -0.2) is 9.97 Å². The number of rotatable bonds is 4. The first-order valence-corrected chi connectivity index (χ1v) is 8.51. The highest BCUT2D eigenvalue weighted by molar-refractivity contribution is 6.04. The molecule has 0 aliphatic rings. The van der Waals surface area contributed by atoms with Crippen molar-refractivity contribution in [2.75, 3.05) is 12.4 Å². The van der Waals surface area contributed by atoms with Crippen molar-refractivity contribution >= 4 is 22.8 Å². The summed E-state index contributed by atoms with van der Waals surface area (Å²) < 4.78 is 5.19. The number of aromatic nitrogens is 2. The number of nitrogens with zero attached hydrogens (tertiary/aromatic N) is 2. The lowest BCUT2D eigenvalue weighted by Crippen LogP contribution is -2.12. The van der Waals surface area contributed by atoms with Crippen LogP contribution in [0.15, 0.2) is 78.9 Å². The molecule has 0 saturated heterocycles. The van der Waals surface area contributed by atoms with Gasteiger partial charge in [-0.2, -0.15) is 0 Å². The summed E-state index contributed by atoms with van der Waals surface area (Å²) in [4.78, 5) is 21.4. The third-order valence-corrected chi connectivity index (χ3v) is 4.22. The van der Waals surface area contributed by atoms with Gasteiger partial charge in [0.15, 0.2) is 5.65 Å². The lowest BCUT2D eigenvalue weighted by atomic mass is 10.1. The summed E-state index contributed by atoms with van der Waals surface area (Å²) in [5.74, 6) is 1.06. The zero-order chi connectivity index (χ0) is 18.6. The van der Waals surface area contributed by atoms with Crippen molar-refractivity contribution in [3.05, 3.63) is 84.4 Å². The molecule has 2 aromatic heterocycles. The van der Waals surface area contributed by atoms with Gasteiger partial charge in [-0.05, 0) is 60.7 Å². The molecular weight excluding hydrogens is 338 g/mol. The smallest absolute Gasteiger partial charge is 0.256 e. The molecule has 0 aliphatic carbocycles. The summed E-state index contributed by atoms with van der Waals surface area (Å²) in [5, 5.41) is 3.73. The fraction of sp³-hybridized carbons (Fsp3) is 0.0455. The van der Waals surface area contributed by atoms with Gasteiger partial charge in [0.1, 0.15) is 11.6 Å². The molecule has 0 saturated carbocycles. The maximum absolute atomic E-state index is 12.3. The van der Waals surface area contributed by atoms with Crippen LogP contribution < -0.4 is 10.1 Å². The summed E-state index contributed by atoms with van der Waals surface area (Å²) >= 11 is 0.